The van der Waals surface area contributed by atoms with Crippen molar-refractivity contribution in [2.24, 2.45) is 0 Å². The molecule has 160 valence electrons. The monoisotopic (exact) mass is 423 g/mol. The van der Waals surface area contributed by atoms with E-state index in [1.54, 1.807) is 38.6 Å². The molecular formula is C20H21F4N5O. The van der Waals surface area contributed by atoms with Gasteiger partial charge in [-0.3, -0.25) is 4.79 Å². The fourth-order valence-corrected chi connectivity index (χ4v) is 2.99. The molecule has 0 aliphatic heterocycles. The first-order valence-corrected chi connectivity index (χ1v) is 9.16. The van der Waals surface area contributed by atoms with Gasteiger partial charge in [0.2, 0.25) is 5.91 Å². The molecule has 0 saturated carbocycles. The highest BCUT2D eigenvalue weighted by Crippen LogP contribution is 2.37. The maximum atomic E-state index is 14.7. The maximum absolute atomic E-state index is 14.7. The van der Waals surface area contributed by atoms with Crippen LogP contribution in [0, 0.1) is 5.82 Å². The number of alkyl halides is 3. The predicted octanol–water partition coefficient (Wildman–Crippen LogP) is 4.54. The van der Waals surface area contributed by atoms with E-state index >= 15 is 0 Å². The number of hydrogen-bond donors (Lipinski definition) is 1. The van der Waals surface area contributed by atoms with Crippen LogP contribution in [0.25, 0.3) is 11.0 Å². The molecule has 0 radical (unpaired) electrons. The van der Waals surface area contributed by atoms with Gasteiger partial charge in [0.1, 0.15) is 17.9 Å². The standard InChI is InChI=1S/C20H21F4N5O/c1-11(2)13-7-12(20(22,23)24)8-14(21)17(13)27-19-18-15(5-6-25-19)29(10-26-18)9-16(30)28(3)4/h5-8,10-11H,9H2,1-4H3,(H,25,27). The van der Waals surface area contributed by atoms with Gasteiger partial charge in [0.25, 0.3) is 0 Å². The zero-order valence-electron chi connectivity index (χ0n) is 16.9. The number of benzene rings is 1. The minimum Gasteiger partial charge on any atom is -0.347 e. The molecule has 1 aromatic carbocycles. The summed E-state index contributed by atoms with van der Waals surface area (Å²) in [5.74, 6) is -1.37. The van der Waals surface area contributed by atoms with Gasteiger partial charge >= 0.3 is 6.18 Å². The van der Waals surface area contributed by atoms with Crippen LogP contribution in [0.3, 0.4) is 0 Å². The number of likely N-dealkylation sites (N-methyl/N-ethyl adjacent to an activating group) is 1. The molecule has 3 rings (SSSR count). The van der Waals surface area contributed by atoms with Gasteiger partial charge in [-0.1, -0.05) is 13.8 Å². The van der Waals surface area contributed by atoms with Gasteiger partial charge in [0, 0.05) is 20.3 Å². The van der Waals surface area contributed by atoms with Crippen LogP contribution in [0.1, 0.15) is 30.9 Å². The van der Waals surface area contributed by atoms with Crippen molar-refractivity contribution in [3.05, 3.63) is 47.7 Å². The van der Waals surface area contributed by atoms with Gasteiger partial charge in [-0.25, -0.2) is 14.4 Å². The number of nitrogens with zero attached hydrogens (tertiary/aromatic N) is 4. The SMILES string of the molecule is CC(C)c1cc(C(F)(F)F)cc(F)c1Nc1nccc2c1ncn2CC(=O)N(C)C. The lowest BCUT2D eigenvalue weighted by Gasteiger charge is -2.18. The minimum absolute atomic E-state index is 0.0544. The Morgan fingerprint density at radius 2 is 1.93 bits per heavy atom. The molecule has 30 heavy (non-hydrogen) atoms. The first kappa shape index (κ1) is 21.5. The normalized spacial score (nSPS) is 11.9. The number of imidazole rings is 1. The largest absolute Gasteiger partial charge is 0.416 e. The molecule has 2 aromatic heterocycles. The highest BCUT2D eigenvalue weighted by Gasteiger charge is 2.33. The predicted molar refractivity (Wildman–Crippen MR) is 105 cm³/mol. The van der Waals surface area contributed by atoms with E-state index in [2.05, 4.69) is 15.3 Å². The Morgan fingerprint density at radius 3 is 2.53 bits per heavy atom. The molecule has 0 bridgehead atoms. The van der Waals surface area contributed by atoms with Crippen molar-refractivity contribution in [3.63, 3.8) is 0 Å². The van der Waals surface area contributed by atoms with Gasteiger partial charge in [0.05, 0.1) is 23.1 Å². The molecule has 3 aromatic rings. The molecule has 1 amide bonds. The molecule has 1 N–H and O–H groups in total. The number of amides is 1. The topological polar surface area (TPSA) is 63.1 Å². The van der Waals surface area contributed by atoms with Crippen LogP contribution in [0.15, 0.2) is 30.7 Å². The molecule has 0 unspecified atom stereocenters. The van der Waals surface area contributed by atoms with Gasteiger partial charge in [-0.2, -0.15) is 13.2 Å². The number of anilines is 2. The molecule has 0 spiro atoms. The third-order valence-electron chi connectivity index (χ3n) is 4.66. The van der Waals surface area contributed by atoms with Gasteiger partial charge in [-0.15, -0.1) is 0 Å². The molecule has 0 aliphatic carbocycles. The average Bonchev–Trinajstić information content (AvgIpc) is 3.05. The number of aromatic nitrogens is 3. The molecular weight excluding hydrogens is 402 g/mol. The van der Waals surface area contributed by atoms with Crippen molar-refractivity contribution in [1.82, 2.24) is 19.4 Å². The summed E-state index contributed by atoms with van der Waals surface area (Å²) in [5, 5.41) is 2.81. The van der Waals surface area contributed by atoms with Crippen molar-refractivity contribution in [2.45, 2.75) is 32.5 Å². The quantitative estimate of drug-likeness (QED) is 0.612. The van der Waals surface area contributed by atoms with E-state index in [1.165, 1.54) is 17.4 Å². The van der Waals surface area contributed by atoms with Crippen LogP contribution >= 0.6 is 0 Å². The zero-order valence-corrected chi connectivity index (χ0v) is 16.9. The number of hydrogen-bond acceptors (Lipinski definition) is 4. The molecule has 0 saturated heterocycles. The minimum atomic E-state index is -4.65. The van der Waals surface area contributed by atoms with E-state index in [9.17, 15) is 22.4 Å². The number of halogens is 4. The fourth-order valence-electron chi connectivity index (χ4n) is 2.99. The maximum Gasteiger partial charge on any atom is 0.416 e. The number of pyridine rings is 1. The Labute approximate surface area is 170 Å². The van der Waals surface area contributed by atoms with E-state index in [0.717, 1.165) is 6.07 Å². The second kappa shape index (κ2) is 7.92. The summed E-state index contributed by atoms with van der Waals surface area (Å²) in [4.78, 5) is 21.9. The number of fused-ring (bicyclic) bond motifs is 1. The summed E-state index contributed by atoms with van der Waals surface area (Å²) < 4.78 is 55.6. The highest BCUT2D eigenvalue weighted by atomic mass is 19.4. The van der Waals surface area contributed by atoms with Crippen molar-refractivity contribution >= 4 is 28.4 Å². The first-order valence-electron chi connectivity index (χ1n) is 9.16. The fraction of sp³-hybridized carbons (Fsp3) is 0.350. The summed E-state index contributed by atoms with van der Waals surface area (Å²) in [6.07, 6.45) is -1.73. The number of carbonyl (C=O) groups excluding carboxylic acids is 1. The van der Waals surface area contributed by atoms with Crippen molar-refractivity contribution in [1.29, 1.82) is 0 Å². The van der Waals surface area contributed by atoms with Gasteiger partial charge < -0.3 is 14.8 Å². The zero-order chi connectivity index (χ0) is 22.2. The lowest BCUT2D eigenvalue weighted by atomic mass is 9.97. The van der Waals surface area contributed by atoms with E-state index < -0.39 is 17.6 Å². The van der Waals surface area contributed by atoms with Crippen molar-refractivity contribution in [2.75, 3.05) is 19.4 Å². The molecule has 0 fully saturated rings. The summed E-state index contributed by atoms with van der Waals surface area (Å²) >= 11 is 0. The van der Waals surface area contributed by atoms with Gasteiger partial charge in [-0.05, 0) is 29.7 Å². The van der Waals surface area contributed by atoms with E-state index in [0.29, 0.717) is 17.1 Å². The average molecular weight is 423 g/mol. The van der Waals surface area contributed by atoms with Crippen molar-refractivity contribution in [3.8, 4) is 0 Å². The summed E-state index contributed by atoms with van der Waals surface area (Å²) in [6, 6.07) is 3.05. The third-order valence-corrected chi connectivity index (χ3v) is 4.66. The Hall–Kier alpha value is -3.17. The second-order valence-electron chi connectivity index (χ2n) is 7.39. The van der Waals surface area contributed by atoms with E-state index in [1.807, 2.05) is 0 Å². The van der Waals surface area contributed by atoms with E-state index in [4.69, 9.17) is 0 Å². The van der Waals surface area contributed by atoms with Crippen LogP contribution in [0.5, 0.6) is 0 Å². The van der Waals surface area contributed by atoms with E-state index in [-0.39, 0.29) is 35.4 Å². The smallest absolute Gasteiger partial charge is 0.347 e. The number of nitrogens with one attached hydrogen (secondary N) is 1. The molecule has 2 heterocycles. The van der Waals surface area contributed by atoms with Crippen molar-refractivity contribution < 1.29 is 22.4 Å². The molecule has 0 atom stereocenters. The summed E-state index contributed by atoms with van der Waals surface area (Å²) in [6.45, 7) is 3.41. The van der Waals surface area contributed by atoms with Crippen LogP contribution in [-0.4, -0.2) is 39.4 Å². The highest BCUT2D eigenvalue weighted by molar-refractivity contribution is 5.89. The van der Waals surface area contributed by atoms with Crippen LogP contribution in [-0.2, 0) is 17.5 Å². The summed E-state index contributed by atoms with van der Waals surface area (Å²) in [7, 11) is 3.27. The first-order chi connectivity index (χ1) is 14.0. The van der Waals surface area contributed by atoms with Crippen LogP contribution in [0.2, 0.25) is 0 Å². The second-order valence-corrected chi connectivity index (χ2v) is 7.39. The van der Waals surface area contributed by atoms with Crippen LogP contribution < -0.4 is 5.32 Å². The number of carbonyl (C=O) groups is 1. The summed E-state index contributed by atoms with van der Waals surface area (Å²) in [5.41, 5.74) is -0.00802. The Balaban J connectivity index is 2.05. The Kier molecular flexibility index (Phi) is 5.69. The van der Waals surface area contributed by atoms with Gasteiger partial charge in [0.15, 0.2) is 5.82 Å². The number of rotatable bonds is 5. The third kappa shape index (κ3) is 4.22. The lowest BCUT2D eigenvalue weighted by molar-refractivity contribution is -0.137. The lowest BCUT2D eigenvalue weighted by Crippen LogP contribution is -2.25. The molecule has 10 heteroatoms. The Bertz CT molecular complexity index is 1090. The van der Waals surface area contributed by atoms with Crippen LogP contribution in [0.4, 0.5) is 29.1 Å². The Morgan fingerprint density at radius 1 is 1.23 bits per heavy atom. The molecule has 0 aliphatic rings. The molecule has 6 nitrogen and oxygen atoms in total.